The van der Waals surface area contributed by atoms with Crippen LogP contribution in [0.1, 0.15) is 25.3 Å². The Morgan fingerprint density at radius 1 is 1.09 bits per heavy atom. The van der Waals surface area contributed by atoms with Crippen molar-refractivity contribution in [1.29, 1.82) is 5.26 Å². The summed E-state index contributed by atoms with van der Waals surface area (Å²) >= 11 is 1.08. The molecule has 0 spiro atoms. The molecule has 0 aliphatic carbocycles. The summed E-state index contributed by atoms with van der Waals surface area (Å²) in [5.74, 6) is -1.64. The number of amides is 3. The molecule has 0 bridgehead atoms. The lowest BCUT2D eigenvalue weighted by molar-refractivity contribution is -0.118. The number of dihydropyridines is 1. The monoisotopic (exact) mass is 476 g/mol. The predicted molar refractivity (Wildman–Crippen MR) is 130 cm³/mol. The molecule has 0 aromatic heterocycles. The zero-order valence-electron chi connectivity index (χ0n) is 18.8. The average Bonchev–Trinajstić information content (AvgIpc) is 2.83. The second-order valence-corrected chi connectivity index (χ2v) is 8.23. The van der Waals surface area contributed by atoms with Crippen LogP contribution in [0.4, 0.5) is 10.5 Å². The van der Waals surface area contributed by atoms with Gasteiger partial charge in [0.05, 0.1) is 34.9 Å². The summed E-state index contributed by atoms with van der Waals surface area (Å²) in [7, 11) is 0. The Labute approximate surface area is 202 Å². The second-order valence-electron chi connectivity index (χ2n) is 7.24. The molecule has 1 unspecified atom stereocenters. The number of allylic oxidation sites excluding steroid dienone is 2. The molecule has 1 atom stereocenters. The molecule has 1 heterocycles. The molecule has 3 N–H and O–H groups in total. The number of nitrogens with one attached hydrogen (secondary N) is 3. The van der Waals surface area contributed by atoms with Crippen molar-refractivity contribution in [3.05, 3.63) is 88.1 Å². The highest BCUT2D eigenvalue weighted by Crippen LogP contribution is 2.40. The average molecular weight is 477 g/mol. The van der Waals surface area contributed by atoms with Crippen LogP contribution in [0.15, 0.2) is 82.5 Å². The van der Waals surface area contributed by atoms with Crippen LogP contribution in [-0.2, 0) is 14.3 Å². The van der Waals surface area contributed by atoms with Gasteiger partial charge in [-0.1, -0.05) is 60.3 Å². The number of hydrogen-bond donors (Lipinski definition) is 3. The number of anilines is 1. The lowest BCUT2D eigenvalue weighted by atomic mass is 9.82. The Bertz CT molecular complexity index is 1170. The van der Waals surface area contributed by atoms with E-state index in [4.69, 9.17) is 4.74 Å². The molecule has 174 valence electrons. The molecule has 0 radical (unpaired) electrons. The standard InChI is InChI=1S/C25H24N4O4S/c1-3-33-25(32)29-20(30)15-34-24-19(14-26)22(17-10-6-4-7-11-17)21(16(2)27-24)23(31)28-18-12-8-5-9-13-18/h4-13,22,27H,3,15H2,1-2H3,(H,28,31)(H,29,30,32). The summed E-state index contributed by atoms with van der Waals surface area (Å²) in [4.78, 5) is 36.9. The Morgan fingerprint density at radius 2 is 1.74 bits per heavy atom. The first-order valence-electron chi connectivity index (χ1n) is 10.6. The Hall–Kier alpha value is -4.03. The number of nitriles is 1. The van der Waals surface area contributed by atoms with Crippen LogP contribution in [-0.4, -0.2) is 30.3 Å². The van der Waals surface area contributed by atoms with Crippen molar-refractivity contribution >= 4 is 35.4 Å². The molecule has 3 rings (SSSR count). The van der Waals surface area contributed by atoms with Gasteiger partial charge in [-0.15, -0.1) is 0 Å². The topological polar surface area (TPSA) is 120 Å². The number of para-hydroxylation sites is 1. The van der Waals surface area contributed by atoms with Gasteiger partial charge in [-0.3, -0.25) is 14.9 Å². The van der Waals surface area contributed by atoms with Crippen LogP contribution in [0.3, 0.4) is 0 Å². The number of benzene rings is 2. The van der Waals surface area contributed by atoms with E-state index >= 15 is 0 Å². The molecule has 0 fully saturated rings. The van der Waals surface area contributed by atoms with Gasteiger partial charge in [-0.05, 0) is 31.5 Å². The van der Waals surface area contributed by atoms with E-state index in [2.05, 4.69) is 22.0 Å². The van der Waals surface area contributed by atoms with Crippen LogP contribution >= 0.6 is 11.8 Å². The number of imide groups is 1. The van der Waals surface area contributed by atoms with Crippen molar-refractivity contribution in [2.45, 2.75) is 19.8 Å². The quantitative estimate of drug-likeness (QED) is 0.552. The van der Waals surface area contributed by atoms with Gasteiger partial charge in [0.1, 0.15) is 0 Å². The molecular formula is C25H24N4O4S. The van der Waals surface area contributed by atoms with Gasteiger partial charge >= 0.3 is 6.09 Å². The minimum atomic E-state index is -0.822. The first-order valence-corrected chi connectivity index (χ1v) is 11.6. The fraction of sp³-hybridized carbons (Fsp3) is 0.200. The van der Waals surface area contributed by atoms with Crippen LogP contribution in [0, 0.1) is 11.3 Å². The van der Waals surface area contributed by atoms with Crippen molar-refractivity contribution in [2.75, 3.05) is 17.7 Å². The van der Waals surface area contributed by atoms with Crippen LogP contribution < -0.4 is 16.0 Å². The van der Waals surface area contributed by atoms with E-state index in [1.807, 2.05) is 48.5 Å². The zero-order chi connectivity index (χ0) is 24.5. The number of carbonyl (C=O) groups excluding carboxylic acids is 3. The Balaban J connectivity index is 1.91. The first kappa shape index (κ1) is 24.6. The maximum absolute atomic E-state index is 13.3. The molecule has 1 aliphatic heterocycles. The van der Waals surface area contributed by atoms with Crippen molar-refractivity contribution < 1.29 is 19.1 Å². The minimum absolute atomic E-state index is 0.118. The molecule has 34 heavy (non-hydrogen) atoms. The van der Waals surface area contributed by atoms with Crippen molar-refractivity contribution in [2.24, 2.45) is 0 Å². The fourth-order valence-electron chi connectivity index (χ4n) is 3.48. The SMILES string of the molecule is CCOC(=O)NC(=O)CSC1=C(C#N)C(c2ccccc2)C(C(=O)Nc2ccccc2)=C(C)N1. The highest BCUT2D eigenvalue weighted by molar-refractivity contribution is 8.03. The van der Waals surface area contributed by atoms with Crippen molar-refractivity contribution in [1.82, 2.24) is 10.6 Å². The van der Waals surface area contributed by atoms with Gasteiger partial charge in [-0.25, -0.2) is 4.79 Å². The number of hydrogen-bond acceptors (Lipinski definition) is 7. The van der Waals surface area contributed by atoms with E-state index in [1.165, 1.54) is 0 Å². The van der Waals surface area contributed by atoms with Gasteiger partial charge in [0, 0.05) is 17.0 Å². The largest absolute Gasteiger partial charge is 0.450 e. The van der Waals surface area contributed by atoms with Gasteiger partial charge in [0.15, 0.2) is 0 Å². The summed E-state index contributed by atoms with van der Waals surface area (Å²) < 4.78 is 4.72. The number of alkyl carbamates (subject to hydrolysis) is 1. The van der Waals surface area contributed by atoms with Crippen LogP contribution in [0.2, 0.25) is 0 Å². The number of thioether (sulfide) groups is 1. The van der Waals surface area contributed by atoms with Gasteiger partial charge in [-0.2, -0.15) is 5.26 Å². The van der Waals surface area contributed by atoms with E-state index in [9.17, 15) is 19.6 Å². The number of carbonyl (C=O) groups is 3. The predicted octanol–water partition coefficient (Wildman–Crippen LogP) is 4.03. The van der Waals surface area contributed by atoms with E-state index in [0.29, 0.717) is 27.6 Å². The summed E-state index contributed by atoms with van der Waals surface area (Å²) in [5.41, 5.74) is 2.69. The maximum atomic E-state index is 13.3. The Morgan fingerprint density at radius 3 is 2.35 bits per heavy atom. The molecule has 1 aliphatic rings. The normalized spacial score (nSPS) is 15.1. The van der Waals surface area contributed by atoms with Crippen LogP contribution in [0.25, 0.3) is 0 Å². The first-order chi connectivity index (χ1) is 16.4. The molecule has 8 nitrogen and oxygen atoms in total. The highest BCUT2D eigenvalue weighted by atomic mass is 32.2. The maximum Gasteiger partial charge on any atom is 0.413 e. The molecule has 2 aromatic carbocycles. The lowest BCUT2D eigenvalue weighted by Gasteiger charge is -2.29. The van der Waals surface area contributed by atoms with E-state index < -0.39 is 17.9 Å². The van der Waals surface area contributed by atoms with E-state index in [0.717, 1.165) is 17.3 Å². The van der Waals surface area contributed by atoms with E-state index in [-0.39, 0.29) is 18.3 Å². The Kier molecular flexibility index (Phi) is 8.48. The van der Waals surface area contributed by atoms with Gasteiger partial charge < -0.3 is 15.4 Å². The minimum Gasteiger partial charge on any atom is -0.450 e. The number of rotatable bonds is 7. The smallest absolute Gasteiger partial charge is 0.413 e. The molecule has 2 aromatic rings. The molecule has 0 saturated heterocycles. The van der Waals surface area contributed by atoms with Crippen molar-refractivity contribution in [3.8, 4) is 6.07 Å². The second kappa shape index (κ2) is 11.7. The van der Waals surface area contributed by atoms with Crippen molar-refractivity contribution in [3.63, 3.8) is 0 Å². The number of ether oxygens (including phenoxy) is 1. The number of nitrogens with zero attached hydrogens (tertiary/aromatic N) is 1. The molecule has 9 heteroatoms. The lowest BCUT2D eigenvalue weighted by Crippen LogP contribution is -2.34. The van der Waals surface area contributed by atoms with Crippen LogP contribution in [0.5, 0.6) is 0 Å². The third-order valence-corrected chi connectivity index (χ3v) is 5.94. The zero-order valence-corrected chi connectivity index (χ0v) is 19.6. The molecule has 3 amide bonds. The summed E-state index contributed by atoms with van der Waals surface area (Å²) in [6, 6.07) is 20.5. The molecular weight excluding hydrogens is 452 g/mol. The summed E-state index contributed by atoms with van der Waals surface area (Å²) in [6.45, 7) is 3.54. The summed E-state index contributed by atoms with van der Waals surface area (Å²) in [5, 5.41) is 18.6. The third-order valence-electron chi connectivity index (χ3n) is 4.92. The van der Waals surface area contributed by atoms with Gasteiger partial charge in [0.25, 0.3) is 5.91 Å². The molecule has 0 saturated carbocycles. The highest BCUT2D eigenvalue weighted by Gasteiger charge is 2.34. The summed E-state index contributed by atoms with van der Waals surface area (Å²) in [6.07, 6.45) is -0.822. The van der Waals surface area contributed by atoms with E-state index in [1.54, 1.807) is 26.0 Å². The fourth-order valence-corrected chi connectivity index (χ4v) is 4.37. The third kappa shape index (κ3) is 6.05. The van der Waals surface area contributed by atoms with Gasteiger partial charge in [0.2, 0.25) is 5.91 Å².